The number of rotatable bonds is 5. The van der Waals surface area contributed by atoms with E-state index in [2.05, 4.69) is 33.6 Å². The summed E-state index contributed by atoms with van der Waals surface area (Å²) in [6, 6.07) is 8.25. The summed E-state index contributed by atoms with van der Waals surface area (Å²) in [6.45, 7) is 2.27. The van der Waals surface area contributed by atoms with Gasteiger partial charge in [0.05, 0.1) is 18.9 Å². The average molecular weight is 350 g/mol. The summed E-state index contributed by atoms with van der Waals surface area (Å²) in [6.07, 6.45) is 6.43. The summed E-state index contributed by atoms with van der Waals surface area (Å²) >= 11 is 0. The van der Waals surface area contributed by atoms with Gasteiger partial charge in [-0.2, -0.15) is 5.10 Å². The Morgan fingerprint density at radius 3 is 2.96 bits per heavy atom. The van der Waals surface area contributed by atoms with Gasteiger partial charge < -0.3 is 10.1 Å². The van der Waals surface area contributed by atoms with Gasteiger partial charge in [0.25, 0.3) is 0 Å². The van der Waals surface area contributed by atoms with Crippen molar-refractivity contribution in [3.63, 3.8) is 0 Å². The largest absolute Gasteiger partial charge is 0.375 e. The van der Waals surface area contributed by atoms with Gasteiger partial charge in [0.1, 0.15) is 5.78 Å². The number of carbonyl (C=O) groups is 1. The summed E-state index contributed by atoms with van der Waals surface area (Å²) in [5, 5.41) is 9.63. The zero-order chi connectivity index (χ0) is 17.9. The summed E-state index contributed by atoms with van der Waals surface area (Å²) in [7, 11) is 1.91. The minimum atomic E-state index is -0.0195. The number of aromatic nitrogens is 3. The maximum atomic E-state index is 12.3. The zero-order valence-corrected chi connectivity index (χ0v) is 14.8. The first-order valence-electron chi connectivity index (χ1n) is 8.89. The second-order valence-corrected chi connectivity index (χ2v) is 6.76. The van der Waals surface area contributed by atoms with Gasteiger partial charge in [-0.05, 0) is 23.1 Å². The van der Waals surface area contributed by atoms with Crippen LogP contribution in [0.25, 0.3) is 21.9 Å². The second kappa shape index (κ2) is 7.35. The lowest BCUT2D eigenvalue weighted by molar-refractivity contribution is -0.121. The Morgan fingerprint density at radius 2 is 2.19 bits per heavy atom. The molecule has 1 saturated heterocycles. The first-order chi connectivity index (χ1) is 12.7. The van der Waals surface area contributed by atoms with Crippen LogP contribution in [0.4, 0.5) is 0 Å². The molecule has 1 unspecified atom stereocenters. The smallest absolute Gasteiger partial charge is 0.141 e. The quantitative estimate of drug-likeness (QED) is 0.763. The molecule has 2 aromatic heterocycles. The average Bonchev–Trinajstić information content (AvgIpc) is 3.08. The van der Waals surface area contributed by atoms with Gasteiger partial charge in [-0.25, -0.2) is 0 Å². The first kappa shape index (κ1) is 16.9. The Kier molecular flexibility index (Phi) is 4.77. The van der Waals surface area contributed by atoms with Crippen LogP contribution in [0, 0.1) is 0 Å². The van der Waals surface area contributed by atoms with Crippen LogP contribution in [0.1, 0.15) is 12.1 Å². The zero-order valence-electron chi connectivity index (χ0n) is 14.8. The fourth-order valence-electron chi connectivity index (χ4n) is 3.31. The molecule has 6 nitrogen and oxygen atoms in total. The summed E-state index contributed by atoms with van der Waals surface area (Å²) in [5.41, 5.74) is 2.98. The summed E-state index contributed by atoms with van der Waals surface area (Å²) < 4.78 is 7.40. The Hall–Kier alpha value is -2.57. The molecule has 0 amide bonds. The predicted molar refractivity (Wildman–Crippen MR) is 99.9 cm³/mol. The van der Waals surface area contributed by atoms with Crippen molar-refractivity contribution in [3.8, 4) is 11.1 Å². The predicted octanol–water partition coefficient (Wildman–Crippen LogP) is 2.13. The number of fused-ring (bicyclic) bond motifs is 1. The summed E-state index contributed by atoms with van der Waals surface area (Å²) in [5.74, 6) is 0.161. The Morgan fingerprint density at radius 1 is 1.27 bits per heavy atom. The minimum Gasteiger partial charge on any atom is -0.375 e. The van der Waals surface area contributed by atoms with Crippen LogP contribution >= 0.6 is 0 Å². The topological polar surface area (TPSA) is 69.0 Å². The van der Waals surface area contributed by atoms with E-state index < -0.39 is 0 Å². The molecule has 134 valence electrons. The van der Waals surface area contributed by atoms with Gasteiger partial charge in [-0.3, -0.25) is 14.5 Å². The number of ketones is 1. The standard InChI is InChI=1S/C20H22N4O2/c1-24-13-17(11-23-24)14-2-3-15-10-22-18(7-16(15)6-14)8-19(25)9-20-12-21-4-5-26-20/h2-3,6-7,10-11,13,20-21H,4-5,8-9,12H2,1H3. The second-order valence-electron chi connectivity index (χ2n) is 6.76. The number of ether oxygens (including phenoxy) is 1. The lowest BCUT2D eigenvalue weighted by Crippen LogP contribution is -2.39. The molecule has 0 radical (unpaired) electrons. The summed E-state index contributed by atoms with van der Waals surface area (Å²) in [4.78, 5) is 16.8. The maximum Gasteiger partial charge on any atom is 0.141 e. The normalized spacial score (nSPS) is 17.5. The van der Waals surface area contributed by atoms with Crippen LogP contribution in [0.15, 0.2) is 42.9 Å². The molecule has 1 aliphatic rings. The number of hydrogen-bond acceptors (Lipinski definition) is 5. The molecule has 3 heterocycles. The van der Waals surface area contributed by atoms with E-state index in [0.29, 0.717) is 19.4 Å². The van der Waals surface area contributed by atoms with Gasteiger partial charge in [-0.1, -0.05) is 12.1 Å². The number of carbonyl (C=O) groups excluding carboxylic acids is 1. The number of nitrogens with zero attached hydrogens (tertiary/aromatic N) is 3. The van der Waals surface area contributed by atoms with Crippen LogP contribution in [0.5, 0.6) is 0 Å². The Balaban J connectivity index is 1.51. The van der Waals surface area contributed by atoms with Crippen molar-refractivity contribution in [3.05, 3.63) is 48.5 Å². The van der Waals surface area contributed by atoms with E-state index >= 15 is 0 Å². The van der Waals surface area contributed by atoms with Crippen molar-refractivity contribution in [2.75, 3.05) is 19.7 Å². The molecule has 1 fully saturated rings. The lowest BCUT2D eigenvalue weighted by Gasteiger charge is -2.22. The van der Waals surface area contributed by atoms with Gasteiger partial charge >= 0.3 is 0 Å². The van der Waals surface area contributed by atoms with E-state index in [-0.39, 0.29) is 11.9 Å². The van der Waals surface area contributed by atoms with E-state index in [4.69, 9.17) is 4.74 Å². The third-order valence-corrected chi connectivity index (χ3v) is 4.65. The van der Waals surface area contributed by atoms with Crippen molar-refractivity contribution in [2.24, 2.45) is 7.05 Å². The number of pyridine rings is 1. The van der Waals surface area contributed by atoms with Gasteiger partial charge in [0, 0.05) is 62.0 Å². The van der Waals surface area contributed by atoms with Crippen molar-refractivity contribution in [1.29, 1.82) is 0 Å². The molecule has 1 aromatic carbocycles. The fourth-order valence-corrected chi connectivity index (χ4v) is 3.31. The highest BCUT2D eigenvalue weighted by atomic mass is 16.5. The molecule has 0 saturated carbocycles. The van der Waals surface area contributed by atoms with E-state index in [1.807, 2.05) is 31.7 Å². The van der Waals surface area contributed by atoms with E-state index in [9.17, 15) is 4.79 Å². The van der Waals surface area contributed by atoms with Crippen molar-refractivity contribution >= 4 is 16.6 Å². The van der Waals surface area contributed by atoms with Gasteiger partial charge in [0.2, 0.25) is 0 Å². The molecule has 6 heteroatoms. The van der Waals surface area contributed by atoms with Gasteiger partial charge in [0.15, 0.2) is 0 Å². The van der Waals surface area contributed by atoms with Crippen LogP contribution in [0.3, 0.4) is 0 Å². The molecule has 26 heavy (non-hydrogen) atoms. The molecule has 3 aromatic rings. The molecule has 0 aliphatic carbocycles. The van der Waals surface area contributed by atoms with Crippen LogP contribution in [-0.4, -0.2) is 46.3 Å². The number of nitrogens with one attached hydrogen (secondary N) is 1. The number of benzene rings is 1. The molecular weight excluding hydrogens is 328 g/mol. The molecule has 1 aliphatic heterocycles. The molecule has 0 spiro atoms. The van der Waals surface area contributed by atoms with Crippen LogP contribution in [-0.2, 0) is 23.0 Å². The maximum absolute atomic E-state index is 12.3. The molecule has 1 atom stereocenters. The number of morpholine rings is 1. The number of aryl methyl sites for hydroxylation is 1. The molecule has 1 N–H and O–H groups in total. The third-order valence-electron chi connectivity index (χ3n) is 4.65. The van der Waals surface area contributed by atoms with Crippen molar-refractivity contribution in [2.45, 2.75) is 18.9 Å². The highest BCUT2D eigenvalue weighted by Gasteiger charge is 2.18. The Bertz CT molecular complexity index is 928. The Labute approximate surface area is 152 Å². The minimum absolute atomic E-state index is 0.0195. The highest BCUT2D eigenvalue weighted by Crippen LogP contribution is 2.24. The van der Waals surface area contributed by atoms with E-state index in [1.54, 1.807) is 4.68 Å². The molecule has 0 bridgehead atoms. The monoisotopic (exact) mass is 350 g/mol. The third kappa shape index (κ3) is 3.81. The number of Topliss-reactive ketones (excluding diaryl/α,β-unsaturated/α-hetero) is 1. The van der Waals surface area contributed by atoms with Crippen molar-refractivity contribution < 1.29 is 9.53 Å². The van der Waals surface area contributed by atoms with E-state index in [0.717, 1.165) is 40.7 Å². The van der Waals surface area contributed by atoms with Gasteiger partial charge in [-0.15, -0.1) is 0 Å². The highest BCUT2D eigenvalue weighted by molar-refractivity contribution is 5.88. The molecular formula is C20H22N4O2. The SMILES string of the molecule is Cn1cc(-c2ccc3cnc(CC(=O)CC4CNCCO4)cc3c2)cn1. The van der Waals surface area contributed by atoms with Crippen LogP contribution < -0.4 is 5.32 Å². The van der Waals surface area contributed by atoms with E-state index in [1.165, 1.54) is 0 Å². The molecule has 4 rings (SSSR count). The van der Waals surface area contributed by atoms with Crippen molar-refractivity contribution in [1.82, 2.24) is 20.1 Å². The fraction of sp³-hybridized carbons (Fsp3) is 0.350. The lowest BCUT2D eigenvalue weighted by atomic mass is 10.0. The first-order valence-corrected chi connectivity index (χ1v) is 8.89. The van der Waals surface area contributed by atoms with Crippen LogP contribution in [0.2, 0.25) is 0 Å². The number of hydrogen-bond donors (Lipinski definition) is 1.